The highest BCUT2D eigenvalue weighted by Crippen LogP contribution is 2.22. The third-order valence-corrected chi connectivity index (χ3v) is 5.30. The second kappa shape index (κ2) is 10.3. The molecule has 2 unspecified atom stereocenters. The van der Waals surface area contributed by atoms with Crippen LogP contribution in [-0.2, 0) is 16.0 Å². The Bertz CT molecular complexity index is 890. The molecule has 0 aliphatic carbocycles. The maximum Gasteiger partial charge on any atom is 0.322 e. The topological polar surface area (TPSA) is 73.9 Å². The number of amides is 3. The number of likely N-dealkylation sites (N-methyl/N-ethyl adjacent to an activating group) is 1. The van der Waals surface area contributed by atoms with Gasteiger partial charge in [0.2, 0.25) is 5.91 Å². The monoisotopic (exact) mass is 424 g/mol. The van der Waals surface area contributed by atoms with Crippen molar-refractivity contribution >= 4 is 29.0 Å². The summed E-state index contributed by atoms with van der Waals surface area (Å²) in [5, 5.41) is 5.73. The number of carbonyl (C=O) groups is 2. The Labute approximate surface area is 184 Å². The number of hydrogen-bond donors (Lipinski definition) is 2. The van der Waals surface area contributed by atoms with Gasteiger partial charge in [-0.2, -0.15) is 0 Å². The molecule has 31 heavy (non-hydrogen) atoms. The van der Waals surface area contributed by atoms with Gasteiger partial charge in [0, 0.05) is 37.2 Å². The lowest BCUT2D eigenvalue weighted by molar-refractivity contribution is -0.116. The molecule has 0 bridgehead atoms. The fraction of sp³-hybridized carbons (Fsp3) is 0.417. The molecule has 2 atom stereocenters. The van der Waals surface area contributed by atoms with Gasteiger partial charge in [0.25, 0.3) is 0 Å². The first-order valence-electron chi connectivity index (χ1n) is 10.8. The average molecular weight is 425 g/mol. The van der Waals surface area contributed by atoms with E-state index in [4.69, 9.17) is 4.74 Å². The molecule has 2 aromatic carbocycles. The predicted octanol–water partition coefficient (Wildman–Crippen LogP) is 3.97. The van der Waals surface area contributed by atoms with Gasteiger partial charge in [0.1, 0.15) is 6.54 Å². The zero-order valence-corrected chi connectivity index (χ0v) is 18.7. The van der Waals surface area contributed by atoms with Gasteiger partial charge in [-0.25, -0.2) is 4.79 Å². The number of aryl methyl sites for hydroxylation is 1. The van der Waals surface area contributed by atoms with Crippen LogP contribution >= 0.6 is 0 Å². The van der Waals surface area contributed by atoms with E-state index in [1.165, 1.54) is 4.90 Å². The number of ether oxygens (including phenoxy) is 1. The molecule has 2 aromatic rings. The summed E-state index contributed by atoms with van der Waals surface area (Å²) in [7, 11) is 1.60. The van der Waals surface area contributed by atoms with Gasteiger partial charge in [0.15, 0.2) is 0 Å². The third kappa shape index (κ3) is 6.21. The maximum absolute atomic E-state index is 12.5. The molecule has 0 saturated carbocycles. The highest BCUT2D eigenvalue weighted by molar-refractivity contribution is 5.97. The lowest BCUT2D eigenvalue weighted by Gasteiger charge is -2.36. The number of nitrogens with one attached hydrogen (secondary N) is 2. The third-order valence-electron chi connectivity index (χ3n) is 5.30. The van der Waals surface area contributed by atoms with Crippen LogP contribution in [0.3, 0.4) is 0 Å². The van der Waals surface area contributed by atoms with E-state index >= 15 is 0 Å². The SMILES string of the molecule is CCc1ccccc1NC(=O)CN(C)C(=O)Nc1ccc(N2CC(C)OC(C)C2)cc1. The summed E-state index contributed by atoms with van der Waals surface area (Å²) < 4.78 is 5.79. The van der Waals surface area contributed by atoms with Gasteiger partial charge in [-0.1, -0.05) is 25.1 Å². The Morgan fingerprint density at radius 2 is 1.68 bits per heavy atom. The van der Waals surface area contributed by atoms with Crippen LogP contribution < -0.4 is 15.5 Å². The lowest BCUT2D eigenvalue weighted by Crippen LogP contribution is -2.45. The molecule has 1 fully saturated rings. The number of hydrogen-bond acceptors (Lipinski definition) is 4. The zero-order valence-electron chi connectivity index (χ0n) is 18.7. The Morgan fingerprint density at radius 3 is 2.32 bits per heavy atom. The molecule has 166 valence electrons. The first-order valence-corrected chi connectivity index (χ1v) is 10.8. The van der Waals surface area contributed by atoms with E-state index in [2.05, 4.69) is 29.4 Å². The molecule has 7 heteroatoms. The summed E-state index contributed by atoms with van der Waals surface area (Å²) in [6.07, 6.45) is 1.20. The number of para-hydroxylation sites is 1. The van der Waals surface area contributed by atoms with Gasteiger partial charge >= 0.3 is 6.03 Å². The molecule has 0 radical (unpaired) electrons. The van der Waals surface area contributed by atoms with E-state index in [1.54, 1.807) is 7.05 Å². The highest BCUT2D eigenvalue weighted by Gasteiger charge is 2.22. The molecule has 1 aliphatic heterocycles. The number of rotatable bonds is 6. The fourth-order valence-electron chi connectivity index (χ4n) is 3.79. The summed E-state index contributed by atoms with van der Waals surface area (Å²) >= 11 is 0. The number of morpholine rings is 1. The minimum absolute atomic E-state index is 0.0362. The van der Waals surface area contributed by atoms with E-state index in [0.29, 0.717) is 5.69 Å². The Morgan fingerprint density at radius 1 is 1.03 bits per heavy atom. The molecule has 1 aliphatic rings. The van der Waals surface area contributed by atoms with E-state index in [9.17, 15) is 9.59 Å². The fourth-order valence-corrected chi connectivity index (χ4v) is 3.79. The average Bonchev–Trinajstić information content (AvgIpc) is 2.73. The summed E-state index contributed by atoms with van der Waals surface area (Å²) in [5.41, 5.74) is 3.63. The van der Waals surface area contributed by atoms with Crippen molar-refractivity contribution in [2.24, 2.45) is 0 Å². The molecular weight excluding hydrogens is 392 g/mol. The largest absolute Gasteiger partial charge is 0.372 e. The smallest absolute Gasteiger partial charge is 0.322 e. The molecule has 3 amide bonds. The van der Waals surface area contributed by atoms with Crippen molar-refractivity contribution in [2.45, 2.75) is 39.4 Å². The van der Waals surface area contributed by atoms with Crippen LogP contribution in [0.15, 0.2) is 48.5 Å². The van der Waals surface area contributed by atoms with Crippen molar-refractivity contribution in [3.8, 4) is 0 Å². The van der Waals surface area contributed by atoms with Crippen LogP contribution in [0.5, 0.6) is 0 Å². The van der Waals surface area contributed by atoms with Gasteiger partial charge in [-0.05, 0) is 56.2 Å². The Kier molecular flexibility index (Phi) is 7.52. The van der Waals surface area contributed by atoms with Crippen LogP contribution in [0.25, 0.3) is 0 Å². The van der Waals surface area contributed by atoms with Gasteiger partial charge in [-0.15, -0.1) is 0 Å². The first-order chi connectivity index (χ1) is 14.9. The number of carbonyl (C=O) groups excluding carboxylic acids is 2. The Balaban J connectivity index is 1.52. The first kappa shape index (κ1) is 22.6. The van der Waals surface area contributed by atoms with E-state index in [0.717, 1.165) is 36.4 Å². The van der Waals surface area contributed by atoms with E-state index in [-0.39, 0.29) is 30.7 Å². The quantitative estimate of drug-likeness (QED) is 0.736. The van der Waals surface area contributed by atoms with Crippen molar-refractivity contribution < 1.29 is 14.3 Å². The Hall–Kier alpha value is -3.06. The summed E-state index contributed by atoms with van der Waals surface area (Å²) in [5.74, 6) is -0.232. The summed E-state index contributed by atoms with van der Waals surface area (Å²) in [4.78, 5) is 28.5. The minimum atomic E-state index is -0.333. The van der Waals surface area contributed by atoms with Crippen molar-refractivity contribution in [2.75, 3.05) is 42.2 Å². The van der Waals surface area contributed by atoms with Crippen molar-refractivity contribution in [3.63, 3.8) is 0 Å². The summed E-state index contributed by atoms with van der Waals surface area (Å²) in [6.45, 7) is 7.83. The molecule has 7 nitrogen and oxygen atoms in total. The van der Waals surface area contributed by atoms with Crippen LogP contribution in [-0.4, -0.2) is 55.7 Å². The maximum atomic E-state index is 12.5. The number of urea groups is 1. The number of benzene rings is 2. The van der Waals surface area contributed by atoms with Crippen LogP contribution in [0.2, 0.25) is 0 Å². The second-order valence-electron chi connectivity index (χ2n) is 8.05. The molecule has 2 N–H and O–H groups in total. The molecule has 1 heterocycles. The minimum Gasteiger partial charge on any atom is -0.372 e. The summed E-state index contributed by atoms with van der Waals surface area (Å²) in [6, 6.07) is 15.1. The van der Waals surface area contributed by atoms with Crippen molar-refractivity contribution in [3.05, 3.63) is 54.1 Å². The molecule has 3 rings (SSSR count). The van der Waals surface area contributed by atoms with Gasteiger partial charge in [-0.3, -0.25) is 4.79 Å². The van der Waals surface area contributed by atoms with Crippen molar-refractivity contribution in [1.82, 2.24) is 4.90 Å². The van der Waals surface area contributed by atoms with Gasteiger partial charge < -0.3 is 25.2 Å². The van der Waals surface area contributed by atoms with Crippen LogP contribution in [0.1, 0.15) is 26.3 Å². The molecule has 0 spiro atoms. The normalized spacial score (nSPS) is 18.4. The van der Waals surface area contributed by atoms with Gasteiger partial charge in [0.05, 0.1) is 12.2 Å². The molecular formula is C24H32N4O3. The van der Waals surface area contributed by atoms with Crippen molar-refractivity contribution in [1.29, 1.82) is 0 Å². The lowest BCUT2D eigenvalue weighted by atomic mass is 10.1. The highest BCUT2D eigenvalue weighted by atomic mass is 16.5. The van der Waals surface area contributed by atoms with Crippen LogP contribution in [0.4, 0.5) is 21.9 Å². The van der Waals surface area contributed by atoms with Crippen LogP contribution in [0, 0.1) is 0 Å². The second-order valence-corrected chi connectivity index (χ2v) is 8.05. The number of nitrogens with zero attached hydrogens (tertiary/aromatic N) is 2. The predicted molar refractivity (Wildman–Crippen MR) is 125 cm³/mol. The zero-order chi connectivity index (χ0) is 22.4. The van der Waals surface area contributed by atoms with E-state index in [1.807, 2.05) is 55.5 Å². The molecule has 0 aromatic heterocycles. The standard InChI is InChI=1S/C24H32N4O3/c1-5-19-8-6-7-9-22(19)26-23(29)16-27(4)24(30)25-20-10-12-21(13-11-20)28-14-17(2)31-18(3)15-28/h6-13,17-18H,5,14-16H2,1-4H3,(H,25,30)(H,26,29). The van der Waals surface area contributed by atoms with E-state index < -0.39 is 0 Å². The number of anilines is 3. The molecule has 1 saturated heterocycles.